The van der Waals surface area contributed by atoms with E-state index in [1.807, 2.05) is 0 Å². The Kier molecular flexibility index (Phi) is 3.51. The van der Waals surface area contributed by atoms with Gasteiger partial charge in [0.2, 0.25) is 5.56 Å². The highest BCUT2D eigenvalue weighted by Gasteiger charge is 2.31. The maximum Gasteiger partial charge on any atom is 0.252 e. The summed E-state index contributed by atoms with van der Waals surface area (Å²) in [6.45, 7) is 0.125. The Hall–Kier alpha value is -1.63. The van der Waals surface area contributed by atoms with Gasteiger partial charge in [-0.15, -0.1) is 0 Å². The SMILES string of the molecule is O=C(NCC1CCCS1(=O)=O)c1ccc(=O)[nH]c1. The van der Waals surface area contributed by atoms with Gasteiger partial charge in [-0.25, -0.2) is 8.42 Å². The number of carbonyl (C=O) groups is 1. The summed E-state index contributed by atoms with van der Waals surface area (Å²) in [5, 5.41) is 2.09. The van der Waals surface area contributed by atoms with Crippen molar-refractivity contribution in [1.82, 2.24) is 10.3 Å². The lowest BCUT2D eigenvalue weighted by molar-refractivity contribution is 0.0953. The molecule has 98 valence electrons. The molecule has 1 saturated heterocycles. The zero-order valence-electron chi connectivity index (χ0n) is 9.68. The molecule has 0 bridgehead atoms. The average Bonchev–Trinajstić information content (AvgIpc) is 2.66. The molecule has 0 aliphatic carbocycles. The molecule has 0 saturated carbocycles. The van der Waals surface area contributed by atoms with Gasteiger partial charge in [0.25, 0.3) is 5.91 Å². The zero-order chi connectivity index (χ0) is 13.2. The third-order valence-electron chi connectivity index (χ3n) is 3.00. The van der Waals surface area contributed by atoms with Gasteiger partial charge in [0.1, 0.15) is 0 Å². The van der Waals surface area contributed by atoms with Crippen LogP contribution in [-0.4, -0.2) is 36.9 Å². The van der Waals surface area contributed by atoms with Crippen molar-refractivity contribution in [3.8, 4) is 0 Å². The Morgan fingerprint density at radius 2 is 2.22 bits per heavy atom. The molecule has 0 spiro atoms. The number of carbonyl (C=O) groups excluding carboxylic acids is 1. The summed E-state index contributed by atoms with van der Waals surface area (Å²) in [6.07, 6.45) is 2.55. The van der Waals surface area contributed by atoms with E-state index in [1.165, 1.54) is 18.3 Å². The second-order valence-electron chi connectivity index (χ2n) is 4.28. The van der Waals surface area contributed by atoms with E-state index in [-0.39, 0.29) is 23.8 Å². The highest BCUT2D eigenvalue weighted by Crippen LogP contribution is 2.19. The minimum absolute atomic E-state index is 0.125. The standard InChI is InChI=1S/C11H14N2O4S/c14-10-4-3-8(6-12-10)11(15)13-7-9-2-1-5-18(9,16)17/h3-4,6,9H,1-2,5,7H2,(H,12,14)(H,13,15). The summed E-state index contributed by atoms with van der Waals surface area (Å²) >= 11 is 0. The van der Waals surface area contributed by atoms with E-state index in [1.54, 1.807) is 0 Å². The highest BCUT2D eigenvalue weighted by molar-refractivity contribution is 7.92. The fraction of sp³-hybridized carbons (Fsp3) is 0.455. The maximum absolute atomic E-state index is 11.7. The first-order valence-electron chi connectivity index (χ1n) is 5.67. The van der Waals surface area contributed by atoms with Crippen molar-refractivity contribution in [2.75, 3.05) is 12.3 Å². The van der Waals surface area contributed by atoms with Crippen LogP contribution in [0.2, 0.25) is 0 Å². The molecule has 1 unspecified atom stereocenters. The number of hydrogen-bond donors (Lipinski definition) is 2. The van der Waals surface area contributed by atoms with Gasteiger partial charge in [-0.3, -0.25) is 9.59 Å². The molecule has 1 amide bonds. The molecule has 1 aliphatic rings. The summed E-state index contributed by atoms with van der Waals surface area (Å²) < 4.78 is 23.1. The topological polar surface area (TPSA) is 96.1 Å². The van der Waals surface area contributed by atoms with Crippen molar-refractivity contribution in [2.24, 2.45) is 0 Å². The van der Waals surface area contributed by atoms with Gasteiger partial charge in [0.05, 0.1) is 16.6 Å². The summed E-state index contributed by atoms with van der Waals surface area (Å²) in [4.78, 5) is 24.9. The molecule has 1 fully saturated rings. The molecule has 0 radical (unpaired) electrons. The van der Waals surface area contributed by atoms with E-state index >= 15 is 0 Å². The van der Waals surface area contributed by atoms with E-state index in [2.05, 4.69) is 10.3 Å². The summed E-state index contributed by atoms with van der Waals surface area (Å²) in [6, 6.07) is 2.65. The van der Waals surface area contributed by atoms with Crippen molar-refractivity contribution >= 4 is 15.7 Å². The first kappa shape index (κ1) is 12.8. The number of H-pyrrole nitrogens is 1. The van der Waals surface area contributed by atoms with E-state index in [9.17, 15) is 18.0 Å². The molecule has 1 aromatic heterocycles. The monoisotopic (exact) mass is 270 g/mol. The molecule has 2 heterocycles. The van der Waals surface area contributed by atoms with E-state index in [4.69, 9.17) is 0 Å². The third-order valence-corrected chi connectivity index (χ3v) is 5.28. The number of pyridine rings is 1. The van der Waals surface area contributed by atoms with Crippen LogP contribution in [0, 0.1) is 0 Å². The van der Waals surface area contributed by atoms with E-state index < -0.39 is 15.1 Å². The Labute approximate surface area is 104 Å². The average molecular weight is 270 g/mol. The number of amides is 1. The van der Waals surface area contributed by atoms with Gasteiger partial charge in [0.15, 0.2) is 9.84 Å². The van der Waals surface area contributed by atoms with Gasteiger partial charge >= 0.3 is 0 Å². The van der Waals surface area contributed by atoms with Crippen molar-refractivity contribution in [1.29, 1.82) is 0 Å². The van der Waals surface area contributed by atoms with E-state index in [0.29, 0.717) is 18.4 Å². The predicted octanol–water partition coefficient (Wildman–Crippen LogP) is -0.318. The number of hydrogen-bond acceptors (Lipinski definition) is 4. The third kappa shape index (κ3) is 2.79. The number of aromatic nitrogens is 1. The van der Waals surface area contributed by atoms with Crippen LogP contribution < -0.4 is 10.9 Å². The van der Waals surface area contributed by atoms with Crippen molar-refractivity contribution in [3.05, 3.63) is 34.2 Å². The molecular weight excluding hydrogens is 256 g/mol. The second-order valence-corrected chi connectivity index (χ2v) is 6.68. The second kappa shape index (κ2) is 4.93. The normalized spacial score (nSPS) is 21.7. The van der Waals surface area contributed by atoms with Crippen LogP contribution in [0.25, 0.3) is 0 Å². The Morgan fingerprint density at radius 3 is 2.78 bits per heavy atom. The molecule has 6 nitrogen and oxygen atoms in total. The lowest BCUT2D eigenvalue weighted by Gasteiger charge is -2.10. The quantitative estimate of drug-likeness (QED) is 0.787. The van der Waals surface area contributed by atoms with Crippen LogP contribution in [0.4, 0.5) is 0 Å². The van der Waals surface area contributed by atoms with Crippen molar-refractivity contribution < 1.29 is 13.2 Å². The fourth-order valence-electron chi connectivity index (χ4n) is 1.95. The maximum atomic E-state index is 11.7. The van der Waals surface area contributed by atoms with Crippen LogP contribution in [0.5, 0.6) is 0 Å². The molecule has 2 rings (SSSR count). The van der Waals surface area contributed by atoms with Crippen molar-refractivity contribution in [2.45, 2.75) is 18.1 Å². The first-order valence-corrected chi connectivity index (χ1v) is 7.39. The molecule has 18 heavy (non-hydrogen) atoms. The van der Waals surface area contributed by atoms with Crippen LogP contribution in [-0.2, 0) is 9.84 Å². The lowest BCUT2D eigenvalue weighted by atomic mass is 10.2. The number of sulfone groups is 1. The largest absolute Gasteiger partial charge is 0.351 e. The Morgan fingerprint density at radius 1 is 1.44 bits per heavy atom. The Balaban J connectivity index is 1.97. The smallest absolute Gasteiger partial charge is 0.252 e. The predicted molar refractivity (Wildman–Crippen MR) is 66.2 cm³/mol. The molecular formula is C11H14N2O4S. The molecule has 1 aliphatic heterocycles. The zero-order valence-corrected chi connectivity index (χ0v) is 10.5. The summed E-state index contributed by atoms with van der Waals surface area (Å²) in [5.74, 6) is -0.181. The minimum atomic E-state index is -3.04. The number of nitrogens with one attached hydrogen (secondary N) is 2. The minimum Gasteiger partial charge on any atom is -0.351 e. The molecule has 1 aromatic rings. The first-order chi connectivity index (χ1) is 8.49. The fourth-order valence-corrected chi connectivity index (χ4v) is 3.71. The van der Waals surface area contributed by atoms with Crippen LogP contribution in [0.3, 0.4) is 0 Å². The summed E-state index contributed by atoms with van der Waals surface area (Å²) in [5.41, 5.74) is 0.0231. The number of rotatable bonds is 3. The van der Waals surface area contributed by atoms with Gasteiger partial charge in [0, 0.05) is 18.8 Å². The van der Waals surface area contributed by atoms with Gasteiger partial charge in [-0.1, -0.05) is 0 Å². The molecule has 1 atom stereocenters. The van der Waals surface area contributed by atoms with Gasteiger partial charge in [-0.2, -0.15) is 0 Å². The van der Waals surface area contributed by atoms with Crippen LogP contribution >= 0.6 is 0 Å². The highest BCUT2D eigenvalue weighted by atomic mass is 32.2. The van der Waals surface area contributed by atoms with Crippen molar-refractivity contribution in [3.63, 3.8) is 0 Å². The molecule has 7 heteroatoms. The molecule has 0 aromatic carbocycles. The van der Waals surface area contributed by atoms with Gasteiger partial charge in [-0.05, 0) is 18.9 Å². The molecule has 2 N–H and O–H groups in total. The number of aromatic amines is 1. The van der Waals surface area contributed by atoms with Crippen LogP contribution in [0.15, 0.2) is 23.1 Å². The Bertz CT molecular complexity index is 585. The van der Waals surface area contributed by atoms with Gasteiger partial charge < -0.3 is 10.3 Å². The summed E-state index contributed by atoms with van der Waals surface area (Å²) in [7, 11) is -3.04. The lowest BCUT2D eigenvalue weighted by Crippen LogP contribution is -2.34. The van der Waals surface area contributed by atoms with E-state index in [0.717, 1.165) is 0 Å². The van der Waals surface area contributed by atoms with Crippen LogP contribution in [0.1, 0.15) is 23.2 Å².